The fourth-order valence-electron chi connectivity index (χ4n) is 4.64. The summed E-state index contributed by atoms with van der Waals surface area (Å²) in [5, 5.41) is 0. The van der Waals surface area contributed by atoms with Crippen LogP contribution in [0.25, 0.3) is 0 Å². The van der Waals surface area contributed by atoms with Crippen molar-refractivity contribution in [1.29, 1.82) is 0 Å². The number of amides is 2. The van der Waals surface area contributed by atoms with Gasteiger partial charge < -0.3 is 9.80 Å². The fraction of sp³-hybridized carbons (Fsp3) is 0.652. The van der Waals surface area contributed by atoms with E-state index >= 15 is 0 Å². The highest BCUT2D eigenvalue weighted by molar-refractivity contribution is 5.81. The summed E-state index contributed by atoms with van der Waals surface area (Å²) in [6.07, 6.45) is 6.32. The molecule has 2 heterocycles. The number of carbonyl (C=O) groups is 2. The summed E-state index contributed by atoms with van der Waals surface area (Å²) < 4.78 is 0. The van der Waals surface area contributed by atoms with E-state index in [4.69, 9.17) is 0 Å². The molecule has 0 aromatic heterocycles. The Morgan fingerprint density at radius 1 is 1.00 bits per heavy atom. The minimum absolute atomic E-state index is 0.119. The molecule has 0 radical (unpaired) electrons. The molecule has 1 aromatic rings. The van der Waals surface area contributed by atoms with E-state index in [1.165, 1.54) is 24.0 Å². The third-order valence-corrected chi connectivity index (χ3v) is 6.48. The van der Waals surface area contributed by atoms with Crippen LogP contribution in [0.3, 0.4) is 0 Å². The topological polar surface area (TPSA) is 43.9 Å². The van der Waals surface area contributed by atoms with E-state index in [1.54, 1.807) is 0 Å². The van der Waals surface area contributed by atoms with Gasteiger partial charge in [-0.1, -0.05) is 29.8 Å². The Bertz CT molecular complexity index is 702. The smallest absolute Gasteiger partial charge is 0.236 e. The summed E-state index contributed by atoms with van der Waals surface area (Å²) in [5.41, 5.74) is 2.55. The molecule has 3 fully saturated rings. The lowest BCUT2D eigenvalue weighted by atomic mass is 9.95. The Labute approximate surface area is 168 Å². The van der Waals surface area contributed by atoms with Gasteiger partial charge in [0.15, 0.2) is 0 Å². The molecule has 0 bridgehead atoms. The number of hydrogen-bond donors (Lipinski definition) is 0. The van der Waals surface area contributed by atoms with Gasteiger partial charge in [-0.2, -0.15) is 0 Å². The van der Waals surface area contributed by atoms with Crippen molar-refractivity contribution in [3.8, 4) is 0 Å². The first-order valence-corrected chi connectivity index (χ1v) is 11.0. The van der Waals surface area contributed by atoms with Crippen molar-refractivity contribution in [3.63, 3.8) is 0 Å². The monoisotopic (exact) mass is 383 g/mol. The van der Waals surface area contributed by atoms with Crippen LogP contribution in [0, 0.1) is 12.8 Å². The Morgan fingerprint density at radius 2 is 1.71 bits per heavy atom. The maximum Gasteiger partial charge on any atom is 0.236 e. The number of likely N-dealkylation sites (tertiary alicyclic amines) is 2. The average Bonchev–Trinajstić information content (AvgIpc) is 3.41. The van der Waals surface area contributed by atoms with Crippen LogP contribution in [0.15, 0.2) is 24.3 Å². The summed E-state index contributed by atoms with van der Waals surface area (Å²) >= 11 is 0. The van der Waals surface area contributed by atoms with Gasteiger partial charge in [-0.3, -0.25) is 14.5 Å². The Kier molecular flexibility index (Phi) is 6.00. The summed E-state index contributed by atoms with van der Waals surface area (Å²) in [4.78, 5) is 31.9. The van der Waals surface area contributed by atoms with Crippen LogP contribution in [0.1, 0.15) is 49.7 Å². The van der Waals surface area contributed by atoms with E-state index in [9.17, 15) is 9.59 Å². The summed E-state index contributed by atoms with van der Waals surface area (Å²) in [6.45, 7) is 6.77. The maximum atomic E-state index is 12.9. The maximum absolute atomic E-state index is 12.9. The first-order valence-electron chi connectivity index (χ1n) is 11.0. The molecule has 152 valence electrons. The Hall–Kier alpha value is -1.88. The molecule has 1 aromatic carbocycles. The van der Waals surface area contributed by atoms with E-state index in [0.29, 0.717) is 18.5 Å². The van der Waals surface area contributed by atoms with Gasteiger partial charge in [0.1, 0.15) is 0 Å². The van der Waals surface area contributed by atoms with Crippen LogP contribution in [0.5, 0.6) is 0 Å². The number of nitrogens with zero attached hydrogens (tertiary/aromatic N) is 3. The first-order chi connectivity index (χ1) is 13.6. The van der Waals surface area contributed by atoms with Crippen LogP contribution in [-0.2, 0) is 16.1 Å². The van der Waals surface area contributed by atoms with Crippen LogP contribution in [0.4, 0.5) is 0 Å². The van der Waals surface area contributed by atoms with Gasteiger partial charge in [0.25, 0.3) is 0 Å². The number of carbonyl (C=O) groups excluding carboxylic acids is 2. The van der Waals surface area contributed by atoms with Crippen LogP contribution in [-0.4, -0.2) is 65.3 Å². The van der Waals surface area contributed by atoms with Gasteiger partial charge in [-0.05, 0) is 51.0 Å². The minimum atomic E-state index is 0.119. The van der Waals surface area contributed by atoms with Crippen molar-refractivity contribution in [2.45, 2.75) is 58.0 Å². The lowest BCUT2D eigenvalue weighted by Gasteiger charge is -2.34. The molecule has 1 saturated carbocycles. The lowest BCUT2D eigenvalue weighted by Crippen LogP contribution is -2.47. The van der Waals surface area contributed by atoms with E-state index < -0.39 is 0 Å². The number of benzene rings is 1. The highest BCUT2D eigenvalue weighted by Gasteiger charge is 2.34. The van der Waals surface area contributed by atoms with Gasteiger partial charge in [0.05, 0.1) is 6.54 Å². The normalized spacial score (nSPS) is 20.8. The molecule has 28 heavy (non-hydrogen) atoms. The number of piperidine rings is 1. The van der Waals surface area contributed by atoms with Crippen molar-refractivity contribution in [1.82, 2.24) is 14.7 Å². The standard InChI is InChI=1S/C23H33N3O2/c1-18-5-4-6-19(15-18)16-26(21-7-8-21)17-22(27)24-13-9-20(10-14-24)23(28)25-11-2-3-12-25/h4-6,15,20-21H,2-3,7-14,16-17H2,1H3. The number of aryl methyl sites for hydroxylation is 1. The average molecular weight is 384 g/mol. The van der Waals surface area contributed by atoms with Crippen molar-refractivity contribution >= 4 is 11.8 Å². The molecule has 0 spiro atoms. The second-order valence-corrected chi connectivity index (χ2v) is 8.81. The van der Waals surface area contributed by atoms with Crippen molar-refractivity contribution in [3.05, 3.63) is 35.4 Å². The first kappa shape index (κ1) is 19.4. The molecule has 0 N–H and O–H groups in total. The predicted molar refractivity (Wildman–Crippen MR) is 110 cm³/mol. The molecule has 1 aliphatic carbocycles. The zero-order chi connectivity index (χ0) is 19.5. The molecule has 3 aliphatic rings. The third-order valence-electron chi connectivity index (χ3n) is 6.48. The molecule has 2 saturated heterocycles. The molecule has 4 rings (SSSR count). The zero-order valence-electron chi connectivity index (χ0n) is 17.1. The molecule has 2 amide bonds. The van der Waals surface area contributed by atoms with Crippen LogP contribution < -0.4 is 0 Å². The Morgan fingerprint density at radius 3 is 2.36 bits per heavy atom. The van der Waals surface area contributed by atoms with E-state index in [-0.39, 0.29) is 11.8 Å². The van der Waals surface area contributed by atoms with Gasteiger partial charge in [-0.15, -0.1) is 0 Å². The van der Waals surface area contributed by atoms with E-state index in [1.807, 2.05) is 9.80 Å². The van der Waals surface area contributed by atoms with Gasteiger partial charge in [0, 0.05) is 44.7 Å². The number of hydrogen-bond acceptors (Lipinski definition) is 3. The molecular formula is C23H33N3O2. The van der Waals surface area contributed by atoms with E-state index in [0.717, 1.165) is 58.4 Å². The van der Waals surface area contributed by atoms with E-state index in [2.05, 4.69) is 36.1 Å². The van der Waals surface area contributed by atoms with Crippen molar-refractivity contribution in [2.75, 3.05) is 32.7 Å². The summed E-state index contributed by atoms with van der Waals surface area (Å²) in [6, 6.07) is 9.14. The lowest BCUT2D eigenvalue weighted by molar-refractivity contribution is -0.140. The summed E-state index contributed by atoms with van der Waals surface area (Å²) in [7, 11) is 0. The molecular weight excluding hydrogens is 350 g/mol. The van der Waals surface area contributed by atoms with Crippen molar-refractivity contribution in [2.24, 2.45) is 5.92 Å². The fourth-order valence-corrected chi connectivity index (χ4v) is 4.64. The van der Waals surface area contributed by atoms with Gasteiger partial charge in [-0.25, -0.2) is 0 Å². The van der Waals surface area contributed by atoms with Gasteiger partial charge >= 0.3 is 0 Å². The summed E-state index contributed by atoms with van der Waals surface area (Å²) in [5.74, 6) is 0.671. The third kappa shape index (κ3) is 4.75. The highest BCUT2D eigenvalue weighted by atomic mass is 16.2. The SMILES string of the molecule is Cc1cccc(CN(CC(=O)N2CCC(C(=O)N3CCCC3)CC2)C2CC2)c1. The number of rotatable bonds is 6. The molecule has 0 atom stereocenters. The Balaban J connectivity index is 1.28. The quantitative estimate of drug-likeness (QED) is 0.759. The van der Waals surface area contributed by atoms with Crippen LogP contribution in [0.2, 0.25) is 0 Å². The molecule has 0 unspecified atom stereocenters. The van der Waals surface area contributed by atoms with Gasteiger partial charge in [0.2, 0.25) is 11.8 Å². The largest absolute Gasteiger partial charge is 0.342 e. The predicted octanol–water partition coefficient (Wildman–Crippen LogP) is 2.82. The minimum Gasteiger partial charge on any atom is -0.342 e. The molecule has 5 heteroatoms. The second-order valence-electron chi connectivity index (χ2n) is 8.81. The van der Waals surface area contributed by atoms with Crippen LogP contribution >= 0.6 is 0 Å². The zero-order valence-corrected chi connectivity index (χ0v) is 17.1. The second kappa shape index (κ2) is 8.64. The highest BCUT2D eigenvalue weighted by Crippen LogP contribution is 2.29. The molecule has 2 aliphatic heterocycles. The van der Waals surface area contributed by atoms with Crippen molar-refractivity contribution < 1.29 is 9.59 Å². The molecule has 5 nitrogen and oxygen atoms in total.